The summed E-state index contributed by atoms with van der Waals surface area (Å²) in [5.41, 5.74) is 2.28. The summed E-state index contributed by atoms with van der Waals surface area (Å²) in [4.78, 5) is 0. The first-order chi connectivity index (χ1) is 7.72. The Labute approximate surface area is 97.3 Å². The Bertz CT molecular complexity index is 288. The Balaban J connectivity index is 2.60. The van der Waals surface area contributed by atoms with Crippen molar-refractivity contribution in [2.45, 2.75) is 46.2 Å². The van der Waals surface area contributed by atoms with E-state index in [0.29, 0.717) is 12.6 Å². The molecule has 0 aliphatic heterocycles. The normalized spacial score (nSPS) is 13.0. The lowest BCUT2D eigenvalue weighted by Gasteiger charge is -2.12. The minimum Gasteiger partial charge on any atom is -0.383 e. The van der Waals surface area contributed by atoms with Crippen molar-refractivity contribution in [2.24, 2.45) is 0 Å². The van der Waals surface area contributed by atoms with Gasteiger partial charge in [0.15, 0.2) is 0 Å². The van der Waals surface area contributed by atoms with Gasteiger partial charge in [0, 0.05) is 31.7 Å². The molecule has 1 atom stereocenters. The zero-order valence-electron chi connectivity index (χ0n) is 10.7. The average Bonchev–Trinajstić information content (AvgIpc) is 2.68. The molecule has 1 heterocycles. The van der Waals surface area contributed by atoms with E-state index in [2.05, 4.69) is 31.2 Å². The summed E-state index contributed by atoms with van der Waals surface area (Å²) in [5, 5.41) is 7.49. The zero-order valence-corrected chi connectivity index (χ0v) is 10.7. The number of hydrogen-bond donors (Lipinski definition) is 1. The van der Waals surface area contributed by atoms with Crippen LogP contribution in [0.1, 0.15) is 37.8 Å². The number of ether oxygens (including phenoxy) is 1. The molecule has 1 aromatic heterocycles. The van der Waals surface area contributed by atoms with E-state index in [-0.39, 0.29) is 0 Å². The average molecular weight is 226 g/mol. The van der Waals surface area contributed by atoms with Crippen LogP contribution in [0.5, 0.6) is 0 Å². The number of nitrogens with one attached hydrogen (secondary N) is 1. The van der Waals surface area contributed by atoms with Crippen molar-refractivity contribution in [3.05, 3.63) is 17.0 Å². The van der Waals surface area contributed by atoms with Crippen LogP contribution < -0.4 is 5.32 Å². The van der Waals surface area contributed by atoms with Crippen LogP contribution in [0.3, 0.4) is 0 Å². The molecule has 16 heavy (non-hydrogen) atoms. The van der Waals surface area contributed by atoms with Gasteiger partial charge in [-0.1, -0.05) is 19.0 Å². The quantitative estimate of drug-likeness (QED) is 0.771. The highest BCUT2D eigenvalue weighted by Crippen LogP contribution is 2.15. The summed E-state index contributed by atoms with van der Waals surface area (Å²) >= 11 is 0. The molecule has 0 saturated heterocycles. The molecule has 0 aliphatic rings. The van der Waals surface area contributed by atoms with Gasteiger partial charge in [0.1, 0.15) is 5.76 Å². The maximum atomic E-state index is 5.31. The van der Waals surface area contributed by atoms with Gasteiger partial charge in [-0.15, -0.1) is 0 Å². The molecule has 0 spiro atoms. The van der Waals surface area contributed by atoms with Crippen molar-refractivity contribution in [3.63, 3.8) is 0 Å². The Morgan fingerprint density at radius 1 is 1.38 bits per heavy atom. The molecular weight excluding hydrogens is 204 g/mol. The highest BCUT2D eigenvalue weighted by molar-refractivity contribution is 5.23. The maximum Gasteiger partial charge on any atom is 0.141 e. The molecular formula is C12H22N2O2. The van der Waals surface area contributed by atoms with Crippen molar-refractivity contribution in [1.82, 2.24) is 10.5 Å². The van der Waals surface area contributed by atoms with Crippen molar-refractivity contribution < 1.29 is 9.26 Å². The van der Waals surface area contributed by atoms with E-state index in [1.54, 1.807) is 7.11 Å². The maximum absolute atomic E-state index is 5.31. The number of hydrogen-bond acceptors (Lipinski definition) is 4. The van der Waals surface area contributed by atoms with Crippen LogP contribution in [0.15, 0.2) is 4.52 Å². The van der Waals surface area contributed by atoms with Gasteiger partial charge in [0.05, 0.1) is 12.3 Å². The minimum atomic E-state index is 0.342. The molecule has 1 N–H and O–H groups in total. The Morgan fingerprint density at radius 3 is 2.69 bits per heavy atom. The molecule has 0 saturated carbocycles. The van der Waals surface area contributed by atoms with Crippen LogP contribution in [0.2, 0.25) is 0 Å². The van der Waals surface area contributed by atoms with Crippen LogP contribution >= 0.6 is 0 Å². The third kappa shape index (κ3) is 3.32. The zero-order chi connectivity index (χ0) is 12.0. The molecule has 4 nitrogen and oxygen atoms in total. The number of nitrogens with zero attached hydrogens (tertiary/aromatic N) is 1. The fourth-order valence-corrected chi connectivity index (χ4v) is 1.72. The molecule has 4 heteroatoms. The second kappa shape index (κ2) is 6.66. The topological polar surface area (TPSA) is 47.3 Å². The van der Waals surface area contributed by atoms with Gasteiger partial charge in [-0.25, -0.2) is 0 Å². The Morgan fingerprint density at radius 2 is 2.12 bits per heavy atom. The van der Waals surface area contributed by atoms with Crippen LogP contribution in [-0.4, -0.2) is 24.9 Å². The van der Waals surface area contributed by atoms with E-state index < -0.39 is 0 Å². The third-order valence-electron chi connectivity index (χ3n) is 2.65. The summed E-state index contributed by atoms with van der Waals surface area (Å²) < 4.78 is 10.4. The standard InChI is InChI=1S/C12H22N2O2/c1-5-11-10(12(6-2)16-14-11)7-13-9(3)8-15-4/h9,13H,5-8H2,1-4H3. The van der Waals surface area contributed by atoms with E-state index in [1.165, 1.54) is 5.56 Å². The first-order valence-electron chi connectivity index (χ1n) is 5.91. The van der Waals surface area contributed by atoms with Crippen molar-refractivity contribution in [1.29, 1.82) is 0 Å². The van der Waals surface area contributed by atoms with E-state index in [9.17, 15) is 0 Å². The van der Waals surface area contributed by atoms with Gasteiger partial charge >= 0.3 is 0 Å². The molecule has 92 valence electrons. The predicted octanol–water partition coefficient (Wildman–Crippen LogP) is 1.92. The van der Waals surface area contributed by atoms with Crippen LogP contribution in [0.25, 0.3) is 0 Å². The molecule has 0 fully saturated rings. The predicted molar refractivity (Wildman–Crippen MR) is 63.4 cm³/mol. The van der Waals surface area contributed by atoms with Gasteiger partial charge in [0.25, 0.3) is 0 Å². The lowest BCUT2D eigenvalue weighted by Crippen LogP contribution is -2.30. The van der Waals surface area contributed by atoms with Gasteiger partial charge in [-0.05, 0) is 13.3 Å². The largest absolute Gasteiger partial charge is 0.383 e. The van der Waals surface area contributed by atoms with Crippen molar-refractivity contribution in [3.8, 4) is 0 Å². The number of aryl methyl sites for hydroxylation is 2. The fraction of sp³-hybridized carbons (Fsp3) is 0.750. The summed E-state index contributed by atoms with van der Waals surface area (Å²) in [5.74, 6) is 0.994. The molecule has 0 aromatic carbocycles. The van der Waals surface area contributed by atoms with E-state index in [0.717, 1.165) is 30.8 Å². The van der Waals surface area contributed by atoms with E-state index in [4.69, 9.17) is 9.26 Å². The SMILES string of the molecule is CCc1noc(CC)c1CNC(C)COC. The molecule has 1 unspecified atom stereocenters. The summed E-state index contributed by atoms with van der Waals surface area (Å²) in [6.45, 7) is 7.81. The monoisotopic (exact) mass is 226 g/mol. The first-order valence-corrected chi connectivity index (χ1v) is 5.91. The van der Waals surface area contributed by atoms with Crippen molar-refractivity contribution in [2.75, 3.05) is 13.7 Å². The van der Waals surface area contributed by atoms with Gasteiger partial charge in [-0.2, -0.15) is 0 Å². The molecule has 1 aromatic rings. The third-order valence-corrected chi connectivity index (χ3v) is 2.65. The second-order valence-electron chi connectivity index (χ2n) is 3.98. The molecule has 0 amide bonds. The van der Waals surface area contributed by atoms with Gasteiger partial charge < -0.3 is 14.6 Å². The van der Waals surface area contributed by atoms with Crippen LogP contribution in [0.4, 0.5) is 0 Å². The fourth-order valence-electron chi connectivity index (χ4n) is 1.72. The number of rotatable bonds is 7. The highest BCUT2D eigenvalue weighted by atomic mass is 16.5. The minimum absolute atomic E-state index is 0.342. The second-order valence-corrected chi connectivity index (χ2v) is 3.98. The van der Waals surface area contributed by atoms with Crippen LogP contribution in [-0.2, 0) is 24.1 Å². The summed E-state index contributed by atoms with van der Waals surface area (Å²) in [6, 6.07) is 0.342. The number of aromatic nitrogens is 1. The first kappa shape index (κ1) is 13.2. The molecule has 0 radical (unpaired) electrons. The molecule has 0 bridgehead atoms. The van der Waals surface area contributed by atoms with E-state index >= 15 is 0 Å². The van der Waals surface area contributed by atoms with Gasteiger partial charge in [0.2, 0.25) is 0 Å². The Kier molecular flexibility index (Phi) is 5.49. The highest BCUT2D eigenvalue weighted by Gasteiger charge is 2.13. The number of methoxy groups -OCH3 is 1. The summed E-state index contributed by atoms with van der Waals surface area (Å²) in [6.07, 6.45) is 1.81. The smallest absolute Gasteiger partial charge is 0.141 e. The van der Waals surface area contributed by atoms with Crippen LogP contribution in [0, 0.1) is 0 Å². The van der Waals surface area contributed by atoms with Crippen molar-refractivity contribution >= 4 is 0 Å². The lowest BCUT2D eigenvalue weighted by atomic mass is 10.1. The van der Waals surface area contributed by atoms with E-state index in [1.807, 2.05) is 0 Å². The Hall–Kier alpha value is -0.870. The van der Waals surface area contributed by atoms with Gasteiger partial charge in [-0.3, -0.25) is 0 Å². The molecule has 0 aliphatic carbocycles. The molecule has 1 rings (SSSR count). The lowest BCUT2D eigenvalue weighted by molar-refractivity contribution is 0.171. The summed E-state index contributed by atoms with van der Waals surface area (Å²) in [7, 11) is 1.71.